The number of esters is 1. The van der Waals surface area contributed by atoms with Gasteiger partial charge < -0.3 is 9.72 Å². The van der Waals surface area contributed by atoms with Crippen LogP contribution in [0.15, 0.2) is 54.6 Å². The van der Waals surface area contributed by atoms with Crippen LogP contribution in [0, 0.1) is 0 Å². The van der Waals surface area contributed by atoms with Crippen LogP contribution in [0.3, 0.4) is 0 Å². The normalized spacial score (nSPS) is 15.6. The summed E-state index contributed by atoms with van der Waals surface area (Å²) in [4.78, 5) is 15.1. The molecule has 1 aromatic heterocycles. The van der Waals surface area contributed by atoms with Crippen LogP contribution >= 0.6 is 0 Å². The molecule has 0 radical (unpaired) electrons. The highest BCUT2D eigenvalue weighted by molar-refractivity contribution is 6.05. The van der Waals surface area contributed by atoms with Gasteiger partial charge >= 0.3 is 5.97 Å². The van der Waals surface area contributed by atoms with Gasteiger partial charge in [-0.25, -0.2) is 4.79 Å². The minimum Gasteiger partial charge on any atom is -0.422 e. The number of nitrogens with one attached hydrogen (secondary N) is 1. The first-order valence-corrected chi connectivity index (χ1v) is 6.42. The summed E-state index contributed by atoms with van der Waals surface area (Å²) < 4.78 is 5.33. The Morgan fingerprint density at radius 1 is 0.950 bits per heavy atom. The molecule has 1 aliphatic rings. The lowest BCUT2D eigenvalue weighted by Crippen LogP contribution is -1.92. The van der Waals surface area contributed by atoms with E-state index in [1.807, 2.05) is 54.6 Å². The van der Waals surface area contributed by atoms with Gasteiger partial charge in [0.2, 0.25) is 0 Å². The first-order valence-electron chi connectivity index (χ1n) is 6.42. The van der Waals surface area contributed by atoms with Crippen LogP contribution in [0.5, 0.6) is 0 Å². The maximum Gasteiger partial charge on any atom is 0.344 e. The van der Waals surface area contributed by atoms with Gasteiger partial charge in [0.1, 0.15) is 5.76 Å². The quantitative estimate of drug-likeness (QED) is 0.676. The van der Waals surface area contributed by atoms with E-state index >= 15 is 0 Å². The van der Waals surface area contributed by atoms with Gasteiger partial charge in [-0.05, 0) is 23.6 Å². The van der Waals surface area contributed by atoms with E-state index in [9.17, 15) is 4.79 Å². The molecule has 0 saturated carbocycles. The summed E-state index contributed by atoms with van der Waals surface area (Å²) in [5.41, 5.74) is 3.45. The number of hydrogen-bond acceptors (Lipinski definition) is 2. The van der Waals surface area contributed by atoms with E-state index in [-0.39, 0.29) is 5.97 Å². The van der Waals surface area contributed by atoms with Gasteiger partial charge in [-0.15, -0.1) is 0 Å². The molecule has 0 saturated heterocycles. The van der Waals surface area contributed by atoms with E-state index in [1.165, 1.54) is 0 Å². The van der Waals surface area contributed by atoms with Gasteiger partial charge in [-0.3, -0.25) is 0 Å². The van der Waals surface area contributed by atoms with Crippen molar-refractivity contribution in [2.24, 2.45) is 0 Å². The minimum absolute atomic E-state index is 0.289. The molecule has 0 unspecified atom stereocenters. The molecule has 2 heterocycles. The van der Waals surface area contributed by atoms with Crippen molar-refractivity contribution in [1.29, 1.82) is 0 Å². The van der Waals surface area contributed by atoms with Gasteiger partial charge in [0, 0.05) is 22.9 Å². The highest BCUT2D eigenvalue weighted by atomic mass is 16.5. The van der Waals surface area contributed by atoms with E-state index in [2.05, 4.69) is 4.98 Å². The number of fused-ring (bicyclic) bond motifs is 2. The summed E-state index contributed by atoms with van der Waals surface area (Å²) in [7, 11) is 0. The van der Waals surface area contributed by atoms with E-state index in [0.717, 1.165) is 22.2 Å². The first kappa shape index (κ1) is 11.1. The van der Waals surface area contributed by atoms with Crippen molar-refractivity contribution in [3.63, 3.8) is 0 Å². The zero-order chi connectivity index (χ0) is 13.5. The number of carbonyl (C=O) groups excluding carboxylic acids is 1. The van der Waals surface area contributed by atoms with Crippen LogP contribution in [0.25, 0.3) is 22.7 Å². The van der Waals surface area contributed by atoms with Crippen LogP contribution in [-0.4, -0.2) is 11.0 Å². The summed E-state index contributed by atoms with van der Waals surface area (Å²) in [5.74, 6) is 0.306. The van der Waals surface area contributed by atoms with Gasteiger partial charge in [0.05, 0.1) is 5.56 Å². The second-order valence-corrected chi connectivity index (χ2v) is 4.76. The SMILES string of the molecule is O=C1O/C(=C/c2cc3ccccc3[nH]2)c2ccccc21. The zero-order valence-electron chi connectivity index (χ0n) is 10.6. The lowest BCUT2D eigenvalue weighted by Gasteiger charge is -1.96. The Hall–Kier alpha value is -2.81. The van der Waals surface area contributed by atoms with Crippen molar-refractivity contribution in [3.8, 4) is 0 Å². The number of carbonyl (C=O) groups is 1. The number of benzene rings is 2. The maximum atomic E-state index is 11.8. The van der Waals surface area contributed by atoms with Crippen molar-refractivity contribution >= 4 is 28.7 Å². The number of hydrogen-bond donors (Lipinski definition) is 1. The number of H-pyrrole nitrogens is 1. The van der Waals surface area contributed by atoms with Crippen LogP contribution in [0.2, 0.25) is 0 Å². The molecular weight excluding hydrogens is 250 g/mol. The molecule has 3 aromatic rings. The lowest BCUT2D eigenvalue weighted by atomic mass is 10.1. The number of ether oxygens (including phenoxy) is 1. The average Bonchev–Trinajstić information content (AvgIpc) is 3.01. The highest BCUT2D eigenvalue weighted by Gasteiger charge is 2.25. The maximum absolute atomic E-state index is 11.8. The Morgan fingerprint density at radius 2 is 1.70 bits per heavy atom. The van der Waals surface area contributed by atoms with Crippen molar-refractivity contribution in [3.05, 3.63) is 71.4 Å². The van der Waals surface area contributed by atoms with E-state index < -0.39 is 0 Å². The third-order valence-corrected chi connectivity index (χ3v) is 3.45. The fourth-order valence-corrected chi connectivity index (χ4v) is 2.51. The molecule has 3 heteroatoms. The molecule has 2 aromatic carbocycles. The predicted octanol–water partition coefficient (Wildman–Crippen LogP) is 3.84. The number of aromatic nitrogens is 1. The Bertz CT molecular complexity index is 825. The van der Waals surface area contributed by atoms with Crippen molar-refractivity contribution in [2.45, 2.75) is 0 Å². The summed E-state index contributed by atoms with van der Waals surface area (Å²) in [5, 5.41) is 1.14. The van der Waals surface area contributed by atoms with Crippen LogP contribution in [0.4, 0.5) is 0 Å². The molecule has 1 aliphatic heterocycles. The molecule has 0 spiro atoms. The lowest BCUT2D eigenvalue weighted by molar-refractivity contribution is 0.0717. The van der Waals surface area contributed by atoms with Crippen molar-refractivity contribution < 1.29 is 9.53 Å². The van der Waals surface area contributed by atoms with Crippen molar-refractivity contribution in [1.82, 2.24) is 4.98 Å². The fraction of sp³-hybridized carbons (Fsp3) is 0. The summed E-state index contributed by atoms with van der Waals surface area (Å²) in [6, 6.07) is 17.5. The average molecular weight is 261 g/mol. The topological polar surface area (TPSA) is 42.1 Å². The minimum atomic E-state index is -0.289. The molecule has 96 valence electrons. The Labute approximate surface area is 115 Å². The number of cyclic esters (lactones) is 1. The fourth-order valence-electron chi connectivity index (χ4n) is 2.51. The van der Waals surface area contributed by atoms with Gasteiger partial charge in [-0.2, -0.15) is 0 Å². The highest BCUT2D eigenvalue weighted by Crippen LogP contribution is 2.31. The summed E-state index contributed by atoms with van der Waals surface area (Å²) in [6.45, 7) is 0. The summed E-state index contributed by atoms with van der Waals surface area (Å²) >= 11 is 0. The number of aromatic amines is 1. The molecule has 0 aliphatic carbocycles. The Kier molecular flexibility index (Phi) is 2.27. The monoisotopic (exact) mass is 261 g/mol. The molecule has 3 nitrogen and oxygen atoms in total. The first-order chi connectivity index (χ1) is 9.81. The zero-order valence-corrected chi connectivity index (χ0v) is 10.6. The van der Waals surface area contributed by atoms with Gasteiger partial charge in [0.15, 0.2) is 0 Å². The number of para-hydroxylation sites is 1. The summed E-state index contributed by atoms with van der Waals surface area (Å²) in [6.07, 6.45) is 1.86. The second-order valence-electron chi connectivity index (χ2n) is 4.76. The number of rotatable bonds is 1. The Morgan fingerprint density at radius 3 is 2.55 bits per heavy atom. The van der Waals surface area contributed by atoms with Gasteiger partial charge in [0.25, 0.3) is 0 Å². The molecular formula is C17H11NO2. The predicted molar refractivity (Wildman–Crippen MR) is 78.0 cm³/mol. The van der Waals surface area contributed by atoms with Crippen molar-refractivity contribution in [2.75, 3.05) is 0 Å². The van der Waals surface area contributed by atoms with E-state index in [1.54, 1.807) is 6.07 Å². The smallest absolute Gasteiger partial charge is 0.344 e. The molecule has 0 fully saturated rings. The molecule has 20 heavy (non-hydrogen) atoms. The molecule has 4 rings (SSSR count). The van der Waals surface area contributed by atoms with Crippen LogP contribution in [0.1, 0.15) is 21.6 Å². The molecule has 0 atom stereocenters. The van der Waals surface area contributed by atoms with Gasteiger partial charge in [-0.1, -0.05) is 36.4 Å². The van der Waals surface area contributed by atoms with Crippen LogP contribution < -0.4 is 0 Å². The van der Waals surface area contributed by atoms with E-state index in [0.29, 0.717) is 11.3 Å². The largest absolute Gasteiger partial charge is 0.422 e. The van der Waals surface area contributed by atoms with E-state index in [4.69, 9.17) is 4.74 Å². The van der Waals surface area contributed by atoms with Crippen LogP contribution in [-0.2, 0) is 4.74 Å². The third kappa shape index (κ3) is 1.64. The molecule has 0 amide bonds. The molecule has 1 N–H and O–H groups in total. The standard InChI is InChI=1S/C17H11NO2/c19-17-14-7-3-2-6-13(14)16(20-17)10-12-9-11-5-1-4-8-15(11)18-12/h1-10,18H/b16-10+. The second kappa shape index (κ2) is 4.10. The molecule has 0 bridgehead atoms. The Balaban J connectivity index is 1.83. The third-order valence-electron chi connectivity index (χ3n) is 3.45.